The number of benzene rings is 1. The minimum Gasteiger partial charge on any atom is -0.492 e. The van der Waals surface area contributed by atoms with Crippen molar-refractivity contribution in [2.45, 2.75) is 44.2 Å². The van der Waals surface area contributed by atoms with Gasteiger partial charge in [0.15, 0.2) is 0 Å². The average Bonchev–Trinajstić information content (AvgIpc) is 2.94. The quantitative estimate of drug-likeness (QED) is 0.913. The van der Waals surface area contributed by atoms with Crippen LogP contribution in [0.15, 0.2) is 30.3 Å². The molecule has 1 unspecified atom stereocenters. The fourth-order valence-electron chi connectivity index (χ4n) is 3.71. The molecule has 1 atom stereocenters. The minimum atomic E-state index is 0.409. The lowest BCUT2D eigenvalue weighted by Gasteiger charge is -2.47. The monoisotopic (exact) mass is 274 g/mol. The Labute approximate surface area is 122 Å². The van der Waals surface area contributed by atoms with Crippen LogP contribution >= 0.6 is 0 Å². The first kappa shape index (κ1) is 13.9. The molecule has 1 aromatic carbocycles. The van der Waals surface area contributed by atoms with Crippen molar-refractivity contribution in [2.24, 2.45) is 0 Å². The Kier molecular flexibility index (Phi) is 4.27. The van der Waals surface area contributed by atoms with E-state index < -0.39 is 0 Å². The Morgan fingerprint density at radius 2 is 2.00 bits per heavy atom. The summed E-state index contributed by atoms with van der Waals surface area (Å²) in [6, 6.07) is 10.7. The van der Waals surface area contributed by atoms with Crippen molar-refractivity contribution in [2.75, 3.05) is 26.2 Å². The third-order valence-electron chi connectivity index (χ3n) is 4.85. The maximum absolute atomic E-state index is 5.88. The SMILES string of the molecule is CC1CN(CCOc2ccccc2)C2(CCCC2)CN1. The Hall–Kier alpha value is -1.06. The van der Waals surface area contributed by atoms with E-state index in [2.05, 4.69) is 17.1 Å². The predicted molar refractivity (Wildman–Crippen MR) is 82.2 cm³/mol. The molecule has 2 fully saturated rings. The van der Waals surface area contributed by atoms with E-state index >= 15 is 0 Å². The van der Waals surface area contributed by atoms with Gasteiger partial charge in [-0.3, -0.25) is 4.90 Å². The zero-order valence-corrected chi connectivity index (χ0v) is 12.5. The summed E-state index contributed by atoms with van der Waals surface area (Å²) in [6.45, 7) is 6.42. The summed E-state index contributed by atoms with van der Waals surface area (Å²) >= 11 is 0. The fraction of sp³-hybridized carbons (Fsp3) is 0.647. The van der Waals surface area contributed by atoms with Crippen molar-refractivity contribution in [3.63, 3.8) is 0 Å². The van der Waals surface area contributed by atoms with E-state index in [1.807, 2.05) is 30.3 Å². The molecule has 0 aromatic heterocycles. The number of hydrogen-bond acceptors (Lipinski definition) is 3. The molecule has 0 bridgehead atoms. The van der Waals surface area contributed by atoms with Crippen molar-refractivity contribution < 1.29 is 4.74 Å². The van der Waals surface area contributed by atoms with Gasteiger partial charge in [0.2, 0.25) is 0 Å². The predicted octanol–water partition coefficient (Wildman–Crippen LogP) is 2.67. The Balaban J connectivity index is 1.56. The van der Waals surface area contributed by atoms with Crippen molar-refractivity contribution >= 4 is 0 Å². The topological polar surface area (TPSA) is 24.5 Å². The van der Waals surface area contributed by atoms with Crippen LogP contribution in [0.25, 0.3) is 0 Å². The van der Waals surface area contributed by atoms with Crippen LogP contribution in [0.4, 0.5) is 0 Å². The summed E-state index contributed by atoms with van der Waals surface area (Å²) in [6.07, 6.45) is 5.45. The van der Waals surface area contributed by atoms with Crippen molar-refractivity contribution in [3.05, 3.63) is 30.3 Å². The van der Waals surface area contributed by atoms with Crippen LogP contribution in [-0.2, 0) is 0 Å². The van der Waals surface area contributed by atoms with Crippen molar-refractivity contribution in [1.82, 2.24) is 10.2 Å². The number of rotatable bonds is 4. The van der Waals surface area contributed by atoms with Gasteiger partial charge in [-0.25, -0.2) is 0 Å². The zero-order valence-electron chi connectivity index (χ0n) is 12.5. The second kappa shape index (κ2) is 6.15. The first-order valence-electron chi connectivity index (χ1n) is 7.95. The molecular weight excluding hydrogens is 248 g/mol. The highest BCUT2D eigenvalue weighted by Crippen LogP contribution is 2.36. The van der Waals surface area contributed by atoms with E-state index in [0.29, 0.717) is 11.6 Å². The van der Waals surface area contributed by atoms with Crippen LogP contribution in [0.5, 0.6) is 5.75 Å². The van der Waals surface area contributed by atoms with Gasteiger partial charge < -0.3 is 10.1 Å². The molecule has 1 N–H and O–H groups in total. The molecule has 1 heterocycles. The lowest BCUT2D eigenvalue weighted by molar-refractivity contribution is 0.0352. The number of nitrogens with zero attached hydrogens (tertiary/aromatic N) is 1. The number of ether oxygens (including phenoxy) is 1. The molecule has 1 saturated carbocycles. The molecule has 1 saturated heterocycles. The van der Waals surface area contributed by atoms with Crippen LogP contribution in [0.3, 0.4) is 0 Å². The highest BCUT2D eigenvalue weighted by molar-refractivity contribution is 5.20. The standard InChI is InChI=1S/C17H26N2O/c1-15-13-19(17(14-18-15)9-5-6-10-17)11-12-20-16-7-3-2-4-8-16/h2-4,7-8,15,18H,5-6,9-14H2,1H3. The zero-order chi connectivity index (χ0) is 13.8. The van der Waals surface area contributed by atoms with E-state index in [1.54, 1.807) is 0 Å². The molecule has 20 heavy (non-hydrogen) atoms. The van der Waals surface area contributed by atoms with Gasteiger partial charge in [0.1, 0.15) is 12.4 Å². The first-order valence-corrected chi connectivity index (χ1v) is 7.95. The smallest absolute Gasteiger partial charge is 0.119 e. The summed E-state index contributed by atoms with van der Waals surface area (Å²) in [7, 11) is 0. The van der Waals surface area contributed by atoms with Crippen LogP contribution in [0, 0.1) is 0 Å². The van der Waals surface area contributed by atoms with Gasteiger partial charge in [0, 0.05) is 31.2 Å². The first-order chi connectivity index (χ1) is 9.78. The normalized spacial score (nSPS) is 25.9. The largest absolute Gasteiger partial charge is 0.492 e. The molecule has 1 spiro atoms. The molecule has 3 heteroatoms. The van der Waals surface area contributed by atoms with Gasteiger partial charge >= 0.3 is 0 Å². The van der Waals surface area contributed by atoms with Crippen LogP contribution < -0.4 is 10.1 Å². The summed E-state index contributed by atoms with van der Waals surface area (Å²) in [5, 5.41) is 3.67. The molecule has 3 rings (SSSR count). The third-order valence-corrected chi connectivity index (χ3v) is 4.85. The molecule has 0 amide bonds. The summed E-state index contributed by atoms with van der Waals surface area (Å²) in [4.78, 5) is 2.68. The second-order valence-electron chi connectivity index (χ2n) is 6.32. The summed E-state index contributed by atoms with van der Waals surface area (Å²) < 4.78 is 5.88. The lowest BCUT2D eigenvalue weighted by Crippen LogP contribution is -2.63. The average molecular weight is 274 g/mol. The van der Waals surface area contributed by atoms with Crippen molar-refractivity contribution in [1.29, 1.82) is 0 Å². The Bertz CT molecular complexity index is 414. The van der Waals surface area contributed by atoms with Crippen LogP contribution in [0.2, 0.25) is 0 Å². The summed E-state index contributed by atoms with van der Waals surface area (Å²) in [5.74, 6) is 0.983. The van der Waals surface area contributed by atoms with Crippen molar-refractivity contribution in [3.8, 4) is 5.75 Å². The summed E-state index contributed by atoms with van der Waals surface area (Å²) in [5.41, 5.74) is 0.409. The number of para-hydroxylation sites is 1. The molecule has 1 aliphatic heterocycles. The molecule has 0 radical (unpaired) electrons. The molecule has 2 aliphatic rings. The van der Waals surface area contributed by atoms with Gasteiger partial charge in [0.25, 0.3) is 0 Å². The van der Waals surface area contributed by atoms with E-state index in [0.717, 1.165) is 32.0 Å². The van der Waals surface area contributed by atoms with Gasteiger partial charge in [-0.2, -0.15) is 0 Å². The van der Waals surface area contributed by atoms with E-state index in [9.17, 15) is 0 Å². The minimum absolute atomic E-state index is 0.409. The van der Waals surface area contributed by atoms with E-state index in [4.69, 9.17) is 4.74 Å². The number of piperazine rings is 1. The van der Waals surface area contributed by atoms with Gasteiger partial charge in [-0.1, -0.05) is 31.0 Å². The van der Waals surface area contributed by atoms with Crippen LogP contribution in [-0.4, -0.2) is 42.7 Å². The van der Waals surface area contributed by atoms with Gasteiger partial charge in [-0.05, 0) is 31.9 Å². The maximum Gasteiger partial charge on any atom is 0.119 e. The maximum atomic E-state index is 5.88. The second-order valence-corrected chi connectivity index (χ2v) is 6.32. The molecule has 3 nitrogen and oxygen atoms in total. The van der Waals surface area contributed by atoms with Crippen LogP contribution in [0.1, 0.15) is 32.6 Å². The fourth-order valence-corrected chi connectivity index (χ4v) is 3.71. The van der Waals surface area contributed by atoms with E-state index in [-0.39, 0.29) is 0 Å². The molecule has 1 aliphatic carbocycles. The number of nitrogens with one attached hydrogen (secondary N) is 1. The number of hydrogen-bond donors (Lipinski definition) is 1. The molecule has 110 valence electrons. The lowest BCUT2D eigenvalue weighted by atomic mass is 9.91. The van der Waals surface area contributed by atoms with Gasteiger partial charge in [0.05, 0.1) is 0 Å². The Morgan fingerprint density at radius 3 is 2.75 bits per heavy atom. The Morgan fingerprint density at radius 1 is 1.25 bits per heavy atom. The molecule has 1 aromatic rings. The third kappa shape index (κ3) is 2.99. The van der Waals surface area contributed by atoms with E-state index in [1.165, 1.54) is 25.7 Å². The van der Waals surface area contributed by atoms with Gasteiger partial charge in [-0.15, -0.1) is 0 Å². The highest BCUT2D eigenvalue weighted by Gasteiger charge is 2.42. The highest BCUT2D eigenvalue weighted by atomic mass is 16.5. The molecular formula is C17H26N2O.